The molecule has 11 rings (SSSR count). The first-order valence-electron chi connectivity index (χ1n) is 27.2. The van der Waals surface area contributed by atoms with E-state index in [-0.39, 0.29) is 55.6 Å². The van der Waals surface area contributed by atoms with E-state index < -0.39 is 0 Å². The van der Waals surface area contributed by atoms with Gasteiger partial charge in [0.25, 0.3) is 0 Å². The molecule has 5 nitrogen and oxygen atoms in total. The van der Waals surface area contributed by atoms with Crippen LogP contribution in [-0.4, -0.2) is 9.55 Å². The molecule has 0 N–H and O–H groups in total. The molecule has 79 heavy (non-hydrogen) atoms. The van der Waals surface area contributed by atoms with Gasteiger partial charge in [-0.3, -0.25) is 0 Å². The molecule has 1 aliphatic heterocycles. The fraction of sp³-hybridized carbons (Fsp3) is 0.247. The Morgan fingerprint density at radius 3 is 1.59 bits per heavy atom. The number of nitrogens with zero attached hydrogens (tertiary/aromatic N) is 4. The van der Waals surface area contributed by atoms with Crippen molar-refractivity contribution in [3.8, 4) is 28.4 Å². The Kier molecular flexibility index (Phi) is 15.1. The summed E-state index contributed by atoms with van der Waals surface area (Å²) in [6, 6.07) is 73.6. The number of anilines is 4. The molecule has 0 bridgehead atoms. The Bertz CT molecular complexity index is 3820. The third-order valence-corrected chi connectivity index (χ3v) is 16.0. The summed E-state index contributed by atoms with van der Waals surface area (Å²) in [4.78, 5) is 9.66. The predicted molar refractivity (Wildman–Crippen MR) is 329 cm³/mol. The molecule has 2 aromatic heterocycles. The maximum absolute atomic E-state index is 6.90. The average Bonchev–Trinajstić information content (AvgIpc) is 4.01. The van der Waals surface area contributed by atoms with Gasteiger partial charge in [0, 0.05) is 51.1 Å². The first kappa shape index (κ1) is 56.5. The van der Waals surface area contributed by atoms with E-state index in [1.165, 1.54) is 50.1 Å². The molecule has 0 unspecified atom stereocenters. The Morgan fingerprint density at radius 1 is 0.443 bits per heavy atom. The number of benzene rings is 8. The van der Waals surface area contributed by atoms with Crippen molar-refractivity contribution in [3.05, 3.63) is 253 Å². The molecule has 1 aliphatic rings. The van der Waals surface area contributed by atoms with Crippen LogP contribution in [0.3, 0.4) is 0 Å². The van der Waals surface area contributed by atoms with Crippen LogP contribution < -0.4 is 14.5 Å². The van der Waals surface area contributed by atoms with Gasteiger partial charge in [-0.1, -0.05) is 205 Å². The third kappa shape index (κ3) is 10.7. The number of rotatable bonds is 10. The average molecular weight is 1220 g/mol. The first-order valence-corrected chi connectivity index (χ1v) is 27.2. The van der Waals surface area contributed by atoms with E-state index in [1.54, 1.807) is 0 Å². The van der Waals surface area contributed by atoms with Crippen molar-refractivity contribution in [1.82, 2.24) is 9.55 Å². The molecular formula is C73H74N4OPt. The van der Waals surface area contributed by atoms with Gasteiger partial charge >= 0.3 is 21.1 Å². The number of aromatic nitrogens is 2. The molecule has 8 aromatic carbocycles. The SMILES string of the molecule is CC(C)(C)c1cc(-c2ccccc2)cc(N2[CH-]N(c3[c-]c(Oc4[c-]c5c(cc4)c4cc(C(C)(C)C)ccc4n5-c4cc(C(C)(C)C)ccn4)ccc3)c3cc(C(C)(C)c4ccccc4)c(C(C)(C)c4ccccc4)cc32)c1.[CH3-].[Pt+4]. The number of pyridine rings is 1. The van der Waals surface area contributed by atoms with Crippen molar-refractivity contribution in [2.24, 2.45) is 0 Å². The Balaban J connectivity index is 0.00000378. The first-order chi connectivity index (χ1) is 36.6. The normalized spacial score (nSPS) is 13.1. The Morgan fingerprint density at radius 2 is 1.00 bits per heavy atom. The van der Waals surface area contributed by atoms with E-state index in [9.17, 15) is 0 Å². The molecular weight excluding hydrogens is 1140 g/mol. The number of ether oxygens (including phenoxy) is 1. The van der Waals surface area contributed by atoms with Crippen LogP contribution in [0.15, 0.2) is 188 Å². The van der Waals surface area contributed by atoms with Crippen molar-refractivity contribution in [3.63, 3.8) is 0 Å². The van der Waals surface area contributed by atoms with Crippen LogP contribution in [-0.2, 0) is 48.1 Å². The van der Waals surface area contributed by atoms with Gasteiger partial charge in [-0.05, 0) is 114 Å². The maximum atomic E-state index is 6.90. The van der Waals surface area contributed by atoms with Crippen LogP contribution in [0.25, 0.3) is 38.8 Å². The van der Waals surface area contributed by atoms with Gasteiger partial charge < -0.3 is 26.5 Å². The van der Waals surface area contributed by atoms with E-state index in [2.05, 4.69) is 293 Å². The summed E-state index contributed by atoms with van der Waals surface area (Å²) in [5.74, 6) is 2.03. The zero-order chi connectivity index (χ0) is 54.2. The maximum Gasteiger partial charge on any atom is 4.00 e. The number of hydrogen-bond donors (Lipinski definition) is 0. The van der Waals surface area contributed by atoms with Crippen LogP contribution in [0.1, 0.15) is 129 Å². The molecule has 0 amide bonds. The summed E-state index contributed by atoms with van der Waals surface area (Å²) in [6.07, 6.45) is 1.92. The number of hydrogen-bond acceptors (Lipinski definition) is 4. The van der Waals surface area contributed by atoms with Crippen LogP contribution >= 0.6 is 0 Å². The van der Waals surface area contributed by atoms with Crippen molar-refractivity contribution in [2.45, 2.75) is 117 Å². The molecule has 0 fully saturated rings. The van der Waals surface area contributed by atoms with Crippen LogP contribution in [0.2, 0.25) is 0 Å². The zero-order valence-corrected chi connectivity index (χ0v) is 50.8. The standard InChI is InChI=1S/C72H71N4O.CH3.Pt/c1-68(2,3)52-32-35-63-60(41-52)59-34-33-58(44-64(59)76(63)67-42-53(36-37-73-67)69(4,5)6)77-57-31-23-30-55(43-57)74-47-75(56-39-49(48-24-17-14-18-25-48)38-54(40-56)70(7,8)9)66-46-62(72(12,13)51-28-21-16-22-29-51)61(45-65(66)74)71(10,11)50-26-19-15-20-27-50;;/h14-42,45-47H,1-13H3;1H3;/q-3;-1;+4. The van der Waals surface area contributed by atoms with Crippen LogP contribution in [0, 0.1) is 26.2 Å². The third-order valence-electron chi connectivity index (χ3n) is 16.0. The van der Waals surface area contributed by atoms with Gasteiger partial charge in [-0.15, -0.1) is 48.1 Å². The van der Waals surface area contributed by atoms with Crippen molar-refractivity contribution in [2.75, 3.05) is 9.80 Å². The molecule has 10 aromatic rings. The van der Waals surface area contributed by atoms with Crippen LogP contribution in [0.4, 0.5) is 22.7 Å². The minimum atomic E-state index is -0.368. The predicted octanol–water partition coefficient (Wildman–Crippen LogP) is 19.6. The summed E-state index contributed by atoms with van der Waals surface area (Å²) in [7, 11) is 0. The summed E-state index contributed by atoms with van der Waals surface area (Å²) >= 11 is 0. The fourth-order valence-electron chi connectivity index (χ4n) is 11.1. The van der Waals surface area contributed by atoms with Crippen molar-refractivity contribution >= 4 is 44.6 Å². The van der Waals surface area contributed by atoms with E-state index in [0.29, 0.717) is 11.5 Å². The molecule has 0 aliphatic carbocycles. The Hall–Kier alpha value is -7.20. The molecule has 0 spiro atoms. The molecule has 0 saturated carbocycles. The monoisotopic (exact) mass is 1220 g/mol. The molecule has 0 atom stereocenters. The van der Waals surface area contributed by atoms with Gasteiger partial charge in [0.15, 0.2) is 0 Å². The second-order valence-corrected chi connectivity index (χ2v) is 25.2. The molecule has 3 heterocycles. The van der Waals surface area contributed by atoms with Gasteiger partial charge in [0.1, 0.15) is 5.82 Å². The van der Waals surface area contributed by atoms with Crippen molar-refractivity contribution < 1.29 is 25.8 Å². The Labute approximate surface area is 485 Å². The minimum absolute atomic E-state index is 0. The van der Waals surface area contributed by atoms with Gasteiger partial charge in [0.05, 0.1) is 0 Å². The molecule has 0 radical (unpaired) electrons. The van der Waals surface area contributed by atoms with Crippen LogP contribution in [0.5, 0.6) is 11.5 Å². The number of fused-ring (bicyclic) bond motifs is 4. The van der Waals surface area contributed by atoms with Gasteiger partial charge in [-0.2, -0.15) is 12.1 Å². The second-order valence-electron chi connectivity index (χ2n) is 25.2. The van der Waals surface area contributed by atoms with E-state index in [1.807, 2.05) is 18.3 Å². The topological polar surface area (TPSA) is 33.5 Å². The van der Waals surface area contributed by atoms with E-state index in [4.69, 9.17) is 9.72 Å². The smallest absolute Gasteiger partial charge is 0.509 e. The summed E-state index contributed by atoms with van der Waals surface area (Å²) < 4.78 is 9.14. The summed E-state index contributed by atoms with van der Waals surface area (Å²) in [6.45, 7) is 32.1. The minimum Gasteiger partial charge on any atom is -0.509 e. The van der Waals surface area contributed by atoms with Gasteiger partial charge in [0.2, 0.25) is 0 Å². The van der Waals surface area contributed by atoms with E-state index >= 15 is 0 Å². The molecule has 6 heteroatoms. The fourth-order valence-corrected chi connectivity index (χ4v) is 11.1. The van der Waals surface area contributed by atoms with Crippen molar-refractivity contribution in [1.29, 1.82) is 0 Å². The van der Waals surface area contributed by atoms with Gasteiger partial charge in [-0.25, -0.2) is 4.98 Å². The van der Waals surface area contributed by atoms with E-state index in [0.717, 1.165) is 50.4 Å². The largest absolute Gasteiger partial charge is 4.00 e. The summed E-state index contributed by atoms with van der Waals surface area (Å²) in [5.41, 5.74) is 16.3. The zero-order valence-electron chi connectivity index (χ0n) is 48.5. The molecule has 402 valence electrons. The summed E-state index contributed by atoms with van der Waals surface area (Å²) in [5, 5.41) is 2.26. The second kappa shape index (κ2) is 21.1. The quantitative estimate of drug-likeness (QED) is 0.128. The molecule has 0 saturated heterocycles.